The fourth-order valence-corrected chi connectivity index (χ4v) is 0.974. The molecule has 0 radical (unpaired) electrons. The Balaban J connectivity index is 0. The number of likely N-dealkylation sites (N-methyl/N-ethyl adjacent to an activating group) is 1. The van der Waals surface area contributed by atoms with Crippen LogP contribution in [-0.2, 0) is 9.59 Å². The number of benzene rings is 1. The second-order valence-electron chi connectivity index (χ2n) is 2.31. The first-order valence-corrected chi connectivity index (χ1v) is 4.85. The standard InChI is InChI=1S/C9H11NO.C2H6.CH2O/c1-10-9(7-11)8-5-3-2-4-6-8;2*1-2/h2-7,9-10H,1H3;1-2H3;1H2/t9-;;/m0../s1. The normalized spacial score (nSPS) is 9.80. The average molecular weight is 209 g/mol. The average Bonchev–Trinajstić information content (AvgIpc) is 2.37. The van der Waals surface area contributed by atoms with Gasteiger partial charge in [0, 0.05) is 0 Å². The summed E-state index contributed by atoms with van der Waals surface area (Å²) < 4.78 is 0. The van der Waals surface area contributed by atoms with Gasteiger partial charge in [-0.3, -0.25) is 0 Å². The highest BCUT2D eigenvalue weighted by Crippen LogP contribution is 2.07. The lowest BCUT2D eigenvalue weighted by Crippen LogP contribution is -2.16. The summed E-state index contributed by atoms with van der Waals surface area (Å²) in [5, 5.41) is 2.90. The van der Waals surface area contributed by atoms with Crippen molar-refractivity contribution in [2.75, 3.05) is 7.05 Å². The number of rotatable bonds is 3. The van der Waals surface area contributed by atoms with Crippen LogP contribution in [0.15, 0.2) is 30.3 Å². The quantitative estimate of drug-likeness (QED) is 0.774. The van der Waals surface area contributed by atoms with Gasteiger partial charge in [0.15, 0.2) is 0 Å². The molecule has 15 heavy (non-hydrogen) atoms. The van der Waals surface area contributed by atoms with E-state index in [-0.39, 0.29) is 6.04 Å². The highest BCUT2D eigenvalue weighted by molar-refractivity contribution is 5.61. The van der Waals surface area contributed by atoms with Crippen molar-refractivity contribution < 1.29 is 9.59 Å². The van der Waals surface area contributed by atoms with Crippen molar-refractivity contribution in [2.45, 2.75) is 19.9 Å². The first-order chi connectivity index (χ1) is 7.38. The lowest BCUT2D eigenvalue weighted by atomic mass is 10.1. The lowest BCUT2D eigenvalue weighted by molar-refractivity contribution is -0.109. The Hall–Kier alpha value is -1.48. The molecule has 0 heterocycles. The number of aldehydes is 1. The molecule has 0 saturated heterocycles. The topological polar surface area (TPSA) is 46.2 Å². The van der Waals surface area contributed by atoms with Crippen molar-refractivity contribution in [1.82, 2.24) is 5.32 Å². The first kappa shape index (κ1) is 16.0. The highest BCUT2D eigenvalue weighted by Gasteiger charge is 2.04. The molecular formula is C12H19NO2. The van der Waals surface area contributed by atoms with E-state index in [0.29, 0.717) is 0 Å². The van der Waals surface area contributed by atoms with E-state index in [9.17, 15) is 4.79 Å². The highest BCUT2D eigenvalue weighted by atomic mass is 16.1. The van der Waals surface area contributed by atoms with Crippen LogP contribution >= 0.6 is 0 Å². The van der Waals surface area contributed by atoms with E-state index in [1.807, 2.05) is 51.0 Å². The minimum atomic E-state index is -0.170. The lowest BCUT2D eigenvalue weighted by Gasteiger charge is -2.07. The number of carbonyl (C=O) groups is 2. The molecule has 0 aliphatic rings. The van der Waals surface area contributed by atoms with E-state index in [4.69, 9.17) is 4.79 Å². The van der Waals surface area contributed by atoms with Crippen LogP contribution in [0.3, 0.4) is 0 Å². The van der Waals surface area contributed by atoms with Crippen molar-refractivity contribution in [3.63, 3.8) is 0 Å². The monoisotopic (exact) mass is 209 g/mol. The predicted octanol–water partition coefficient (Wildman–Crippen LogP) is 1.99. The van der Waals surface area contributed by atoms with Gasteiger partial charge in [0.1, 0.15) is 13.1 Å². The van der Waals surface area contributed by atoms with Crippen LogP contribution in [0.25, 0.3) is 0 Å². The number of hydrogen-bond donors (Lipinski definition) is 1. The molecule has 1 rings (SSSR count). The van der Waals surface area contributed by atoms with Crippen LogP contribution in [0.5, 0.6) is 0 Å². The van der Waals surface area contributed by atoms with Gasteiger partial charge in [-0.1, -0.05) is 44.2 Å². The predicted molar refractivity (Wildman–Crippen MR) is 62.8 cm³/mol. The smallest absolute Gasteiger partial charge is 0.141 e. The third-order valence-electron chi connectivity index (χ3n) is 1.61. The molecule has 0 aliphatic heterocycles. The van der Waals surface area contributed by atoms with Crippen LogP contribution in [0.1, 0.15) is 25.5 Å². The fraction of sp³-hybridized carbons (Fsp3) is 0.333. The Morgan fingerprint density at radius 3 is 2.00 bits per heavy atom. The summed E-state index contributed by atoms with van der Waals surface area (Å²) in [5.74, 6) is 0. The van der Waals surface area contributed by atoms with Crippen LogP contribution in [0.4, 0.5) is 0 Å². The molecular weight excluding hydrogens is 190 g/mol. The van der Waals surface area contributed by atoms with E-state index in [2.05, 4.69) is 5.32 Å². The largest absolute Gasteiger partial charge is 0.307 e. The molecule has 0 amide bonds. The zero-order valence-corrected chi connectivity index (χ0v) is 9.57. The Morgan fingerprint density at radius 2 is 1.67 bits per heavy atom. The summed E-state index contributed by atoms with van der Waals surface area (Å²) in [5.41, 5.74) is 1.00. The molecule has 3 heteroatoms. The Bertz CT molecular complexity index is 237. The third kappa shape index (κ3) is 6.57. The van der Waals surface area contributed by atoms with Crippen molar-refractivity contribution >= 4 is 13.1 Å². The summed E-state index contributed by atoms with van der Waals surface area (Å²) in [4.78, 5) is 18.5. The van der Waals surface area contributed by atoms with Gasteiger partial charge < -0.3 is 14.9 Å². The van der Waals surface area contributed by atoms with Crippen LogP contribution in [0, 0.1) is 0 Å². The van der Waals surface area contributed by atoms with Crippen molar-refractivity contribution in [3.05, 3.63) is 35.9 Å². The van der Waals surface area contributed by atoms with Gasteiger partial charge in [-0.2, -0.15) is 0 Å². The maximum absolute atomic E-state index is 10.5. The van der Waals surface area contributed by atoms with Crippen LogP contribution in [0.2, 0.25) is 0 Å². The SMILES string of the molecule is C=O.CC.CN[C@@H](C=O)c1ccccc1. The molecule has 1 aromatic rings. The van der Waals surface area contributed by atoms with Gasteiger partial charge in [0.05, 0.1) is 6.04 Å². The molecule has 0 unspecified atom stereocenters. The molecule has 0 saturated carbocycles. The van der Waals surface area contributed by atoms with E-state index in [1.165, 1.54) is 0 Å². The molecule has 1 N–H and O–H groups in total. The maximum Gasteiger partial charge on any atom is 0.141 e. The summed E-state index contributed by atoms with van der Waals surface area (Å²) >= 11 is 0. The molecule has 1 atom stereocenters. The zero-order valence-electron chi connectivity index (χ0n) is 9.57. The summed E-state index contributed by atoms with van der Waals surface area (Å²) in [6, 6.07) is 9.45. The van der Waals surface area contributed by atoms with Gasteiger partial charge in [-0.15, -0.1) is 0 Å². The van der Waals surface area contributed by atoms with Crippen LogP contribution in [-0.4, -0.2) is 20.1 Å². The van der Waals surface area contributed by atoms with Crippen molar-refractivity contribution in [1.29, 1.82) is 0 Å². The molecule has 0 fully saturated rings. The fourth-order valence-electron chi connectivity index (χ4n) is 0.974. The van der Waals surface area contributed by atoms with Crippen LogP contribution < -0.4 is 5.32 Å². The van der Waals surface area contributed by atoms with Gasteiger partial charge >= 0.3 is 0 Å². The van der Waals surface area contributed by atoms with Gasteiger partial charge in [-0.25, -0.2) is 0 Å². The minimum Gasteiger partial charge on any atom is -0.307 e. The molecule has 0 spiro atoms. The van der Waals surface area contributed by atoms with E-state index >= 15 is 0 Å². The summed E-state index contributed by atoms with van der Waals surface area (Å²) in [6.07, 6.45) is 0.898. The van der Waals surface area contributed by atoms with E-state index in [0.717, 1.165) is 11.8 Å². The van der Waals surface area contributed by atoms with Crippen molar-refractivity contribution in [3.8, 4) is 0 Å². The van der Waals surface area contributed by atoms with Crippen molar-refractivity contribution in [2.24, 2.45) is 0 Å². The summed E-state index contributed by atoms with van der Waals surface area (Å²) in [6.45, 7) is 6.00. The molecule has 1 aromatic carbocycles. The van der Waals surface area contributed by atoms with Gasteiger partial charge in [0.2, 0.25) is 0 Å². The molecule has 0 aromatic heterocycles. The second kappa shape index (κ2) is 12.5. The Labute approximate surface area is 91.5 Å². The molecule has 84 valence electrons. The molecule has 0 bridgehead atoms. The van der Waals surface area contributed by atoms with Gasteiger partial charge in [0.25, 0.3) is 0 Å². The molecule has 0 aliphatic carbocycles. The van der Waals surface area contributed by atoms with Gasteiger partial charge in [-0.05, 0) is 12.6 Å². The second-order valence-corrected chi connectivity index (χ2v) is 2.31. The number of carbonyl (C=O) groups excluding carboxylic acids is 2. The van der Waals surface area contributed by atoms with E-state index in [1.54, 1.807) is 7.05 Å². The molecule has 3 nitrogen and oxygen atoms in total. The number of nitrogens with one attached hydrogen (secondary N) is 1. The van der Waals surface area contributed by atoms with E-state index < -0.39 is 0 Å². The number of hydrogen-bond acceptors (Lipinski definition) is 3. The first-order valence-electron chi connectivity index (χ1n) is 4.85. The third-order valence-corrected chi connectivity index (χ3v) is 1.61. The summed E-state index contributed by atoms with van der Waals surface area (Å²) in [7, 11) is 1.77. The Morgan fingerprint density at radius 1 is 1.20 bits per heavy atom. The maximum atomic E-state index is 10.5. The Kier molecular flexibility index (Phi) is 13.3. The minimum absolute atomic E-state index is 0.170. The zero-order chi connectivity index (χ0) is 12.1.